The number of carbonyl (C=O) groups excluding carboxylic acids is 1. The van der Waals surface area contributed by atoms with E-state index in [1.54, 1.807) is 32.6 Å². The van der Waals surface area contributed by atoms with Crippen molar-refractivity contribution in [1.29, 1.82) is 0 Å². The molecular formula is C29H33N3O5S. The second-order valence-corrected chi connectivity index (χ2v) is 9.68. The van der Waals surface area contributed by atoms with Crippen LogP contribution in [-0.2, 0) is 9.53 Å². The molecule has 0 bridgehead atoms. The quantitative estimate of drug-likeness (QED) is 0.389. The van der Waals surface area contributed by atoms with Gasteiger partial charge in [-0.25, -0.2) is 9.79 Å². The molecule has 1 atom stereocenters. The Morgan fingerprint density at radius 1 is 1.08 bits per heavy atom. The third-order valence-corrected chi connectivity index (χ3v) is 7.56. The largest absolute Gasteiger partial charge is 0.497 e. The van der Waals surface area contributed by atoms with Crippen LogP contribution in [0.2, 0.25) is 0 Å². The second kappa shape index (κ2) is 11.7. The lowest BCUT2D eigenvalue weighted by molar-refractivity contribution is -0.139. The molecule has 0 spiro atoms. The zero-order chi connectivity index (χ0) is 27.4. The molecule has 4 rings (SSSR count). The summed E-state index contributed by atoms with van der Waals surface area (Å²) in [6, 6.07) is 12.6. The average molecular weight is 536 g/mol. The highest BCUT2D eigenvalue weighted by Crippen LogP contribution is 2.32. The first kappa shape index (κ1) is 27.2. The molecule has 0 radical (unpaired) electrons. The Kier molecular flexibility index (Phi) is 8.36. The molecule has 1 aliphatic heterocycles. The van der Waals surface area contributed by atoms with E-state index in [2.05, 4.69) is 23.7 Å². The van der Waals surface area contributed by atoms with Crippen molar-refractivity contribution in [3.63, 3.8) is 0 Å². The molecule has 0 saturated carbocycles. The minimum atomic E-state index is -0.676. The Morgan fingerprint density at radius 3 is 2.39 bits per heavy atom. The molecule has 0 amide bonds. The second-order valence-electron chi connectivity index (χ2n) is 8.67. The fourth-order valence-corrected chi connectivity index (χ4v) is 5.68. The molecule has 0 aliphatic carbocycles. The highest BCUT2D eigenvalue weighted by molar-refractivity contribution is 7.07. The summed E-state index contributed by atoms with van der Waals surface area (Å²) in [5.41, 5.74) is 3.24. The van der Waals surface area contributed by atoms with Crippen LogP contribution < -0.4 is 29.3 Å². The van der Waals surface area contributed by atoms with Crippen molar-refractivity contribution in [3.8, 4) is 11.5 Å². The number of esters is 1. The summed E-state index contributed by atoms with van der Waals surface area (Å²) in [4.78, 5) is 34.3. The van der Waals surface area contributed by atoms with E-state index in [4.69, 9.17) is 14.2 Å². The van der Waals surface area contributed by atoms with Crippen molar-refractivity contribution in [1.82, 2.24) is 4.57 Å². The third kappa shape index (κ3) is 5.11. The van der Waals surface area contributed by atoms with Gasteiger partial charge in [-0.15, -0.1) is 0 Å². The number of anilines is 1. The molecule has 3 aromatic rings. The number of nitrogens with zero attached hydrogens (tertiary/aromatic N) is 3. The molecule has 1 aromatic heterocycles. The van der Waals surface area contributed by atoms with Gasteiger partial charge in [0.15, 0.2) is 4.80 Å². The standard InChI is InChI=1S/C29H33N3O5S/c1-7-31(8-2)21-13-10-20(23(17-21)36-6)16-24-27(33)32-26(19-11-14-22(35-5)15-12-19)25(28(34)37-9-3)18(4)30-29(32)38-24/h10-17,26H,7-9H2,1-6H3/b24-16+/t26-/m1/s1. The zero-order valence-electron chi connectivity index (χ0n) is 22.6. The first-order valence-electron chi connectivity index (χ1n) is 12.6. The number of carbonyl (C=O) groups is 1. The molecule has 0 N–H and O–H groups in total. The summed E-state index contributed by atoms with van der Waals surface area (Å²) in [5.74, 6) is 0.868. The highest BCUT2D eigenvalue weighted by Gasteiger charge is 2.33. The van der Waals surface area contributed by atoms with E-state index in [0.717, 1.165) is 29.9 Å². The maximum Gasteiger partial charge on any atom is 0.338 e. The molecule has 9 heteroatoms. The van der Waals surface area contributed by atoms with Crippen LogP contribution >= 0.6 is 11.3 Å². The van der Waals surface area contributed by atoms with Gasteiger partial charge in [0, 0.05) is 30.4 Å². The molecule has 2 aromatic carbocycles. The fourth-order valence-electron chi connectivity index (χ4n) is 4.64. The number of allylic oxidation sites excluding steroid dienone is 1. The minimum absolute atomic E-state index is 0.221. The number of methoxy groups -OCH3 is 2. The fraction of sp³-hybridized carbons (Fsp3) is 0.345. The van der Waals surface area contributed by atoms with Gasteiger partial charge in [-0.05, 0) is 63.6 Å². The normalized spacial score (nSPS) is 15.1. The number of hydrogen-bond donors (Lipinski definition) is 0. The van der Waals surface area contributed by atoms with E-state index in [1.807, 2.05) is 48.5 Å². The smallest absolute Gasteiger partial charge is 0.338 e. The number of hydrogen-bond acceptors (Lipinski definition) is 8. The van der Waals surface area contributed by atoms with E-state index < -0.39 is 12.0 Å². The third-order valence-electron chi connectivity index (χ3n) is 6.58. The van der Waals surface area contributed by atoms with Crippen molar-refractivity contribution < 1.29 is 19.0 Å². The predicted octanol–water partition coefficient (Wildman–Crippen LogP) is 3.66. The van der Waals surface area contributed by atoms with Gasteiger partial charge >= 0.3 is 5.97 Å². The number of fused-ring (bicyclic) bond motifs is 1. The van der Waals surface area contributed by atoms with Crippen LogP contribution in [0.3, 0.4) is 0 Å². The van der Waals surface area contributed by atoms with E-state index in [-0.39, 0.29) is 12.2 Å². The lowest BCUT2D eigenvalue weighted by Crippen LogP contribution is -2.39. The average Bonchev–Trinajstić information content (AvgIpc) is 3.23. The number of benzene rings is 2. The molecular weight excluding hydrogens is 502 g/mol. The Bertz CT molecular complexity index is 1530. The number of aromatic nitrogens is 1. The summed E-state index contributed by atoms with van der Waals surface area (Å²) in [5, 5.41) is 0. The van der Waals surface area contributed by atoms with Gasteiger partial charge in [-0.3, -0.25) is 9.36 Å². The minimum Gasteiger partial charge on any atom is -0.497 e. The van der Waals surface area contributed by atoms with Crippen molar-refractivity contribution >= 4 is 29.1 Å². The van der Waals surface area contributed by atoms with Crippen molar-refractivity contribution in [2.24, 2.45) is 4.99 Å². The molecule has 0 fully saturated rings. The molecule has 2 heterocycles. The van der Waals surface area contributed by atoms with E-state index >= 15 is 0 Å². The molecule has 1 aliphatic rings. The topological polar surface area (TPSA) is 82.4 Å². The molecule has 0 unspecified atom stereocenters. The molecule has 0 saturated heterocycles. The van der Waals surface area contributed by atoms with Crippen LogP contribution in [0.25, 0.3) is 6.08 Å². The van der Waals surface area contributed by atoms with Crippen LogP contribution in [-0.4, -0.2) is 44.5 Å². The lowest BCUT2D eigenvalue weighted by atomic mass is 9.96. The van der Waals surface area contributed by atoms with E-state index in [9.17, 15) is 9.59 Å². The van der Waals surface area contributed by atoms with Gasteiger partial charge in [0.2, 0.25) is 0 Å². The summed E-state index contributed by atoms with van der Waals surface area (Å²) in [6.07, 6.45) is 1.82. The first-order valence-corrected chi connectivity index (χ1v) is 13.4. The van der Waals surface area contributed by atoms with Crippen molar-refractivity contribution in [2.75, 3.05) is 38.8 Å². The highest BCUT2D eigenvalue weighted by atomic mass is 32.1. The van der Waals surface area contributed by atoms with Crippen molar-refractivity contribution in [3.05, 3.63) is 84.5 Å². The SMILES string of the molecule is CCOC(=O)C1=C(C)N=c2s/c(=C/c3ccc(N(CC)CC)cc3OC)c(=O)n2[C@@H]1c1ccc(OC)cc1. The predicted molar refractivity (Wildman–Crippen MR) is 150 cm³/mol. The van der Waals surface area contributed by atoms with Crippen LogP contribution in [0.5, 0.6) is 11.5 Å². The Balaban J connectivity index is 1.89. The molecule has 8 nitrogen and oxygen atoms in total. The van der Waals surface area contributed by atoms with Crippen LogP contribution in [0, 0.1) is 0 Å². The van der Waals surface area contributed by atoms with Gasteiger partial charge in [0.05, 0.1) is 42.7 Å². The zero-order valence-corrected chi connectivity index (χ0v) is 23.4. The summed E-state index contributed by atoms with van der Waals surface area (Å²) >= 11 is 1.28. The Morgan fingerprint density at radius 2 is 1.79 bits per heavy atom. The van der Waals surface area contributed by atoms with E-state index in [0.29, 0.717) is 32.1 Å². The number of rotatable bonds is 9. The maximum atomic E-state index is 13.9. The number of thiazole rings is 1. The molecule has 200 valence electrons. The number of ether oxygens (including phenoxy) is 3. The Hall–Kier alpha value is -3.85. The van der Waals surface area contributed by atoms with Gasteiger partial charge in [0.25, 0.3) is 5.56 Å². The van der Waals surface area contributed by atoms with Crippen molar-refractivity contribution in [2.45, 2.75) is 33.7 Å². The monoisotopic (exact) mass is 535 g/mol. The summed E-state index contributed by atoms with van der Waals surface area (Å²) in [7, 11) is 3.22. The lowest BCUT2D eigenvalue weighted by Gasteiger charge is -2.24. The van der Waals surface area contributed by atoms with Crippen LogP contribution in [0.4, 0.5) is 5.69 Å². The van der Waals surface area contributed by atoms with Crippen LogP contribution in [0.1, 0.15) is 44.9 Å². The summed E-state index contributed by atoms with van der Waals surface area (Å²) < 4.78 is 18.4. The van der Waals surface area contributed by atoms with Gasteiger partial charge in [-0.1, -0.05) is 23.5 Å². The maximum absolute atomic E-state index is 13.9. The van der Waals surface area contributed by atoms with Gasteiger partial charge < -0.3 is 19.1 Å². The Labute approximate surface area is 226 Å². The summed E-state index contributed by atoms with van der Waals surface area (Å²) in [6.45, 7) is 9.72. The van der Waals surface area contributed by atoms with Gasteiger partial charge in [0.1, 0.15) is 11.5 Å². The van der Waals surface area contributed by atoms with E-state index in [1.165, 1.54) is 11.3 Å². The van der Waals surface area contributed by atoms with Gasteiger partial charge in [-0.2, -0.15) is 0 Å². The van der Waals surface area contributed by atoms with Crippen LogP contribution in [0.15, 0.2) is 63.5 Å². The first-order chi connectivity index (χ1) is 18.4. The molecule has 38 heavy (non-hydrogen) atoms.